The highest BCUT2D eigenvalue weighted by molar-refractivity contribution is 5.95. The van der Waals surface area contributed by atoms with E-state index in [1.165, 1.54) is 11.1 Å². The van der Waals surface area contributed by atoms with Gasteiger partial charge in [0.25, 0.3) is 0 Å². The zero-order chi connectivity index (χ0) is 13.2. The van der Waals surface area contributed by atoms with E-state index >= 15 is 0 Å². The number of piperazine rings is 1. The molecular weight excluding hydrogens is 234 g/mol. The number of nitrogens with one attached hydrogen (secondary N) is 1. The van der Waals surface area contributed by atoms with Crippen LogP contribution in [0.5, 0.6) is 0 Å². The molecule has 2 aromatic rings. The van der Waals surface area contributed by atoms with Gasteiger partial charge in [0, 0.05) is 36.7 Å². The molecule has 1 atom stereocenters. The second-order valence-electron chi connectivity index (χ2n) is 5.13. The first kappa shape index (κ1) is 12.0. The van der Waals surface area contributed by atoms with Gasteiger partial charge in [-0.1, -0.05) is 18.2 Å². The summed E-state index contributed by atoms with van der Waals surface area (Å²) in [4.78, 5) is 2.43. The average Bonchev–Trinajstić information content (AvgIpc) is 2.46. The van der Waals surface area contributed by atoms with Gasteiger partial charge in [-0.2, -0.15) is 5.26 Å². The smallest absolute Gasteiger partial charge is 0.0991 e. The first-order valence-corrected chi connectivity index (χ1v) is 6.69. The van der Waals surface area contributed by atoms with Crippen molar-refractivity contribution in [2.75, 3.05) is 24.5 Å². The number of hydrogen-bond donors (Lipinski definition) is 1. The summed E-state index contributed by atoms with van der Waals surface area (Å²) in [6.07, 6.45) is 0. The molecule has 1 heterocycles. The van der Waals surface area contributed by atoms with E-state index in [0.29, 0.717) is 6.04 Å². The maximum absolute atomic E-state index is 8.98. The van der Waals surface area contributed by atoms with E-state index in [0.717, 1.165) is 30.6 Å². The molecule has 0 spiro atoms. The van der Waals surface area contributed by atoms with Crippen molar-refractivity contribution in [2.24, 2.45) is 0 Å². The predicted octanol–water partition coefficient (Wildman–Crippen LogP) is 2.51. The molecule has 1 fully saturated rings. The molecule has 1 N–H and O–H groups in total. The third kappa shape index (κ3) is 2.27. The van der Waals surface area contributed by atoms with Gasteiger partial charge in [-0.15, -0.1) is 0 Å². The van der Waals surface area contributed by atoms with Crippen molar-refractivity contribution in [1.82, 2.24) is 5.32 Å². The van der Waals surface area contributed by atoms with Gasteiger partial charge >= 0.3 is 0 Å². The molecule has 3 nitrogen and oxygen atoms in total. The van der Waals surface area contributed by atoms with Crippen LogP contribution >= 0.6 is 0 Å². The molecule has 0 radical (unpaired) electrons. The third-order valence-corrected chi connectivity index (χ3v) is 3.70. The van der Waals surface area contributed by atoms with E-state index in [4.69, 9.17) is 5.26 Å². The molecule has 0 aliphatic carbocycles. The van der Waals surface area contributed by atoms with Crippen molar-refractivity contribution in [3.05, 3.63) is 42.0 Å². The number of anilines is 1. The van der Waals surface area contributed by atoms with E-state index in [2.05, 4.69) is 47.5 Å². The van der Waals surface area contributed by atoms with Gasteiger partial charge in [0.1, 0.15) is 0 Å². The van der Waals surface area contributed by atoms with E-state index < -0.39 is 0 Å². The SMILES string of the molecule is CC1CN(c2cccc3cc(C#N)ccc23)CCN1. The number of nitrogens with zero attached hydrogens (tertiary/aromatic N) is 2. The van der Waals surface area contributed by atoms with E-state index in [1.807, 2.05) is 12.1 Å². The van der Waals surface area contributed by atoms with Crippen molar-refractivity contribution >= 4 is 16.5 Å². The summed E-state index contributed by atoms with van der Waals surface area (Å²) < 4.78 is 0. The number of fused-ring (bicyclic) bond motifs is 1. The Morgan fingerprint density at radius 2 is 2.21 bits per heavy atom. The Bertz CT molecular complexity index is 642. The fourth-order valence-electron chi connectivity index (χ4n) is 2.76. The number of benzene rings is 2. The molecule has 3 rings (SSSR count). The topological polar surface area (TPSA) is 39.1 Å². The molecule has 0 amide bonds. The monoisotopic (exact) mass is 251 g/mol. The molecule has 1 aliphatic rings. The summed E-state index contributed by atoms with van der Waals surface area (Å²) in [5, 5.41) is 14.8. The lowest BCUT2D eigenvalue weighted by Crippen LogP contribution is -2.49. The summed E-state index contributed by atoms with van der Waals surface area (Å²) in [6.45, 7) is 5.29. The number of hydrogen-bond acceptors (Lipinski definition) is 3. The van der Waals surface area contributed by atoms with Crippen molar-refractivity contribution in [2.45, 2.75) is 13.0 Å². The summed E-state index contributed by atoms with van der Waals surface area (Å²) in [5.41, 5.74) is 1.99. The molecular formula is C16H17N3. The van der Waals surface area contributed by atoms with E-state index in [-0.39, 0.29) is 0 Å². The van der Waals surface area contributed by atoms with Crippen LogP contribution in [-0.2, 0) is 0 Å². The molecule has 1 saturated heterocycles. The zero-order valence-electron chi connectivity index (χ0n) is 11.1. The van der Waals surface area contributed by atoms with E-state index in [9.17, 15) is 0 Å². The van der Waals surface area contributed by atoms with Crippen LogP contribution in [0.4, 0.5) is 5.69 Å². The summed E-state index contributed by atoms with van der Waals surface area (Å²) in [7, 11) is 0. The van der Waals surface area contributed by atoms with Gasteiger partial charge in [-0.05, 0) is 30.5 Å². The Morgan fingerprint density at radius 1 is 1.32 bits per heavy atom. The van der Waals surface area contributed by atoms with Gasteiger partial charge in [0.05, 0.1) is 11.6 Å². The summed E-state index contributed by atoms with van der Waals surface area (Å²) >= 11 is 0. The zero-order valence-corrected chi connectivity index (χ0v) is 11.1. The van der Waals surface area contributed by atoms with Crippen molar-refractivity contribution < 1.29 is 0 Å². The lowest BCUT2D eigenvalue weighted by Gasteiger charge is -2.34. The third-order valence-electron chi connectivity index (χ3n) is 3.70. The second kappa shape index (κ2) is 4.91. The summed E-state index contributed by atoms with van der Waals surface area (Å²) in [5.74, 6) is 0. The van der Waals surface area contributed by atoms with Crippen LogP contribution in [0.2, 0.25) is 0 Å². The fourth-order valence-corrected chi connectivity index (χ4v) is 2.76. The van der Waals surface area contributed by atoms with Gasteiger partial charge in [0.2, 0.25) is 0 Å². The first-order chi connectivity index (χ1) is 9.28. The van der Waals surface area contributed by atoms with Crippen LogP contribution in [0.3, 0.4) is 0 Å². The maximum Gasteiger partial charge on any atom is 0.0991 e. The Hall–Kier alpha value is -2.05. The molecule has 0 saturated carbocycles. The minimum atomic E-state index is 0.516. The van der Waals surface area contributed by atoms with Crippen LogP contribution in [0.15, 0.2) is 36.4 Å². The van der Waals surface area contributed by atoms with Crippen molar-refractivity contribution in [3.63, 3.8) is 0 Å². The molecule has 3 heteroatoms. The first-order valence-electron chi connectivity index (χ1n) is 6.69. The van der Waals surface area contributed by atoms with Crippen molar-refractivity contribution in [3.8, 4) is 6.07 Å². The highest BCUT2D eigenvalue weighted by Gasteiger charge is 2.17. The molecule has 19 heavy (non-hydrogen) atoms. The van der Waals surface area contributed by atoms with E-state index in [1.54, 1.807) is 0 Å². The Labute approximate surface area is 113 Å². The fraction of sp³-hybridized carbons (Fsp3) is 0.312. The molecule has 96 valence electrons. The Morgan fingerprint density at radius 3 is 3.00 bits per heavy atom. The van der Waals surface area contributed by atoms with Crippen LogP contribution in [0.25, 0.3) is 10.8 Å². The minimum absolute atomic E-state index is 0.516. The lowest BCUT2D eigenvalue weighted by atomic mass is 10.0. The highest BCUT2D eigenvalue weighted by Crippen LogP contribution is 2.28. The largest absolute Gasteiger partial charge is 0.368 e. The van der Waals surface area contributed by atoms with Gasteiger partial charge in [-0.25, -0.2) is 0 Å². The predicted molar refractivity (Wildman–Crippen MR) is 78.3 cm³/mol. The molecule has 0 aromatic heterocycles. The van der Waals surface area contributed by atoms with Gasteiger partial charge in [-0.3, -0.25) is 0 Å². The molecule has 1 aliphatic heterocycles. The summed E-state index contributed by atoms with van der Waals surface area (Å²) in [6, 6.07) is 15.0. The van der Waals surface area contributed by atoms with Crippen LogP contribution < -0.4 is 10.2 Å². The van der Waals surface area contributed by atoms with Crippen LogP contribution in [0, 0.1) is 11.3 Å². The maximum atomic E-state index is 8.98. The Balaban J connectivity index is 2.06. The van der Waals surface area contributed by atoms with Crippen LogP contribution in [-0.4, -0.2) is 25.7 Å². The highest BCUT2D eigenvalue weighted by atomic mass is 15.2. The van der Waals surface area contributed by atoms with Crippen molar-refractivity contribution in [1.29, 1.82) is 5.26 Å². The number of rotatable bonds is 1. The Kier molecular flexibility index (Phi) is 3.10. The van der Waals surface area contributed by atoms with Gasteiger partial charge in [0.15, 0.2) is 0 Å². The quantitative estimate of drug-likeness (QED) is 0.846. The number of nitriles is 1. The molecule has 1 unspecified atom stereocenters. The second-order valence-corrected chi connectivity index (χ2v) is 5.13. The molecule has 2 aromatic carbocycles. The average molecular weight is 251 g/mol. The minimum Gasteiger partial charge on any atom is -0.368 e. The lowest BCUT2D eigenvalue weighted by molar-refractivity contribution is 0.485. The van der Waals surface area contributed by atoms with Gasteiger partial charge < -0.3 is 10.2 Å². The van der Waals surface area contributed by atoms with Crippen LogP contribution in [0.1, 0.15) is 12.5 Å². The normalized spacial score (nSPS) is 19.4. The standard InChI is InChI=1S/C16H17N3/c1-12-11-19(8-7-18-12)16-4-2-3-14-9-13(10-17)5-6-15(14)16/h2-6,9,12,18H,7-8,11H2,1H3. The molecule has 0 bridgehead atoms.